The topological polar surface area (TPSA) is 76.6 Å². The third-order valence-electron chi connectivity index (χ3n) is 7.07. The summed E-state index contributed by atoms with van der Waals surface area (Å²) in [5, 5.41) is 3.11. The van der Waals surface area contributed by atoms with Crippen LogP contribution in [-0.4, -0.2) is 56.3 Å². The number of halogens is 1. The average Bonchev–Trinajstić information content (AvgIpc) is 3.01. The number of ether oxygens (including phenoxy) is 2. The third-order valence-corrected chi connectivity index (χ3v) is 7.07. The summed E-state index contributed by atoms with van der Waals surface area (Å²) in [5.41, 5.74) is 4.44. The van der Waals surface area contributed by atoms with Crippen LogP contribution in [0.5, 0.6) is 5.75 Å². The van der Waals surface area contributed by atoms with E-state index in [1.54, 1.807) is 37.4 Å². The van der Waals surface area contributed by atoms with Crippen LogP contribution in [0.1, 0.15) is 56.0 Å². The molecule has 0 spiro atoms. The zero-order valence-electron chi connectivity index (χ0n) is 23.6. The summed E-state index contributed by atoms with van der Waals surface area (Å²) < 4.78 is 23.8. The Morgan fingerprint density at radius 3 is 2.15 bits per heavy atom. The fourth-order valence-electron chi connectivity index (χ4n) is 4.86. The summed E-state index contributed by atoms with van der Waals surface area (Å²) in [6.07, 6.45) is 1.96. The summed E-state index contributed by atoms with van der Waals surface area (Å²) in [4.78, 5) is 24.1. The quantitative estimate of drug-likeness (QED) is 0.247. The Bertz CT molecular complexity index is 1400. The van der Waals surface area contributed by atoms with Gasteiger partial charge in [-0.25, -0.2) is 19.2 Å². The average molecular weight is 561 g/mol. The number of hydrogen-bond donors (Lipinski definition) is 1. The van der Waals surface area contributed by atoms with Gasteiger partial charge >= 0.3 is 5.97 Å². The Kier molecular flexibility index (Phi) is 11.6. The first-order valence-corrected chi connectivity index (χ1v) is 13.7. The molecule has 4 aromatic rings. The van der Waals surface area contributed by atoms with Crippen LogP contribution in [0.15, 0.2) is 66.7 Å². The lowest BCUT2D eigenvalue weighted by atomic mass is 9.89. The second kappa shape index (κ2) is 15.1. The molecule has 0 aliphatic carbocycles. The number of aromatic nitrogens is 2. The van der Waals surface area contributed by atoms with Crippen LogP contribution in [0.25, 0.3) is 22.3 Å². The van der Waals surface area contributed by atoms with Gasteiger partial charge in [-0.1, -0.05) is 33.4 Å². The van der Waals surface area contributed by atoms with Gasteiger partial charge in [0.1, 0.15) is 17.3 Å². The highest BCUT2D eigenvalue weighted by atomic mass is 19.1. The fraction of sp³-hybridized carbons (Fsp3) is 0.364. The van der Waals surface area contributed by atoms with Gasteiger partial charge in [0.2, 0.25) is 0 Å². The second-order valence-corrected chi connectivity index (χ2v) is 9.59. The first kappa shape index (κ1) is 31.5. The lowest BCUT2D eigenvalue weighted by Gasteiger charge is -2.34. The van der Waals surface area contributed by atoms with Crippen molar-refractivity contribution in [1.82, 2.24) is 15.3 Å². The van der Waals surface area contributed by atoms with Gasteiger partial charge in [0.25, 0.3) is 0 Å². The summed E-state index contributed by atoms with van der Waals surface area (Å²) in [5.74, 6) is 1.35. The molecule has 1 aliphatic rings. The number of esters is 1. The Hall–Kier alpha value is -4.04. The number of nitrogens with zero attached hydrogens (tertiary/aromatic N) is 3. The van der Waals surface area contributed by atoms with Crippen molar-refractivity contribution in [3.05, 3.63) is 83.7 Å². The zero-order chi connectivity index (χ0) is 28.5. The molecule has 1 fully saturated rings. The molecule has 41 heavy (non-hydrogen) atoms. The predicted molar refractivity (Wildman–Crippen MR) is 164 cm³/mol. The number of hydrogen-bond acceptors (Lipinski definition) is 7. The third kappa shape index (κ3) is 7.79. The van der Waals surface area contributed by atoms with Crippen LogP contribution in [0.4, 0.5) is 10.2 Å². The van der Waals surface area contributed by atoms with Crippen LogP contribution in [0.2, 0.25) is 0 Å². The Morgan fingerprint density at radius 1 is 0.927 bits per heavy atom. The molecule has 3 aromatic carbocycles. The molecule has 7 nitrogen and oxygen atoms in total. The number of rotatable bonds is 7. The lowest BCUT2D eigenvalue weighted by Crippen LogP contribution is -2.34. The molecule has 0 radical (unpaired) electrons. The largest absolute Gasteiger partial charge is 0.497 e. The Morgan fingerprint density at radius 2 is 1.59 bits per heavy atom. The molecular weight excluding hydrogens is 519 g/mol. The number of methoxy groups -OCH3 is 2. The second-order valence-electron chi connectivity index (χ2n) is 9.59. The molecule has 0 bridgehead atoms. The van der Waals surface area contributed by atoms with Crippen LogP contribution < -0.4 is 15.0 Å². The van der Waals surface area contributed by atoms with Gasteiger partial charge in [-0.3, -0.25) is 0 Å². The number of nitrogens with one attached hydrogen (secondary N) is 1. The number of anilines is 1. The van der Waals surface area contributed by atoms with E-state index in [0.717, 1.165) is 56.2 Å². The summed E-state index contributed by atoms with van der Waals surface area (Å²) >= 11 is 0. The van der Waals surface area contributed by atoms with Gasteiger partial charge in [0.05, 0.1) is 30.8 Å². The lowest BCUT2D eigenvalue weighted by molar-refractivity contribution is 0.0601. The highest BCUT2D eigenvalue weighted by molar-refractivity contribution is 5.94. The molecule has 0 saturated carbocycles. The summed E-state index contributed by atoms with van der Waals surface area (Å²) in [7, 11) is 3.02. The molecule has 5 rings (SSSR count). The minimum Gasteiger partial charge on any atom is -0.497 e. The standard InChI is InChI=1S/C28H26FN3O3.C4H11N.CH4/c1-34-23-10-5-18(6-11-23)19-13-15-32(16-14-19)27-26(20-3-8-22(29)9-4-20)30-25-17-21(28(33)35-2)7-12-24(25)31-27;1-3-5-4-2;/h3-12,17,19H,13-16H2,1-2H3;5H,3-4H2,1-2H3;1H4. The van der Waals surface area contributed by atoms with Crippen LogP contribution in [0.3, 0.4) is 0 Å². The maximum absolute atomic E-state index is 13.6. The number of piperidine rings is 1. The van der Waals surface area contributed by atoms with Gasteiger partial charge in [0, 0.05) is 18.7 Å². The molecule has 1 aromatic heterocycles. The van der Waals surface area contributed by atoms with Crippen molar-refractivity contribution < 1.29 is 18.7 Å². The fourth-order valence-corrected chi connectivity index (χ4v) is 4.86. The maximum Gasteiger partial charge on any atom is 0.337 e. The zero-order valence-corrected chi connectivity index (χ0v) is 23.6. The summed E-state index contributed by atoms with van der Waals surface area (Å²) in [6, 6.07) is 19.7. The number of benzene rings is 3. The molecule has 1 N–H and O–H groups in total. The normalized spacial score (nSPS) is 13.1. The van der Waals surface area contributed by atoms with Crippen molar-refractivity contribution in [2.24, 2.45) is 0 Å². The molecule has 0 amide bonds. The van der Waals surface area contributed by atoms with Crippen molar-refractivity contribution in [1.29, 1.82) is 0 Å². The first-order chi connectivity index (χ1) is 19.5. The molecule has 1 saturated heterocycles. The molecule has 218 valence electrons. The molecule has 1 aliphatic heterocycles. The Labute approximate surface area is 242 Å². The number of carbonyl (C=O) groups excluding carboxylic acids is 1. The van der Waals surface area contributed by atoms with E-state index in [2.05, 4.69) is 36.2 Å². The van der Waals surface area contributed by atoms with E-state index >= 15 is 0 Å². The van der Waals surface area contributed by atoms with Gasteiger partial charge in [-0.2, -0.15) is 0 Å². The van der Waals surface area contributed by atoms with Crippen LogP contribution in [-0.2, 0) is 4.74 Å². The minimum absolute atomic E-state index is 0. The van der Waals surface area contributed by atoms with Gasteiger partial charge in [0.15, 0.2) is 5.82 Å². The van der Waals surface area contributed by atoms with Gasteiger partial charge in [-0.05, 0) is 92.0 Å². The van der Waals surface area contributed by atoms with Crippen molar-refractivity contribution in [2.45, 2.75) is 40.0 Å². The van der Waals surface area contributed by atoms with Crippen molar-refractivity contribution in [2.75, 3.05) is 45.3 Å². The number of carbonyl (C=O) groups is 1. The Balaban J connectivity index is 0.000000711. The minimum atomic E-state index is -0.429. The maximum atomic E-state index is 13.6. The SMILES string of the molecule is C.CCNCC.COC(=O)c1ccc2nc(N3CCC(c4ccc(OC)cc4)CC3)c(-c3ccc(F)cc3)nc2c1. The van der Waals surface area contributed by atoms with E-state index in [4.69, 9.17) is 19.4 Å². The van der Waals surface area contributed by atoms with E-state index in [1.807, 2.05) is 12.1 Å². The van der Waals surface area contributed by atoms with E-state index in [-0.39, 0.29) is 13.2 Å². The van der Waals surface area contributed by atoms with E-state index in [0.29, 0.717) is 28.2 Å². The highest BCUT2D eigenvalue weighted by Crippen LogP contribution is 2.35. The van der Waals surface area contributed by atoms with Gasteiger partial charge in [-0.15, -0.1) is 0 Å². The van der Waals surface area contributed by atoms with E-state index in [9.17, 15) is 9.18 Å². The molecule has 0 atom stereocenters. The molecular formula is C33H41FN4O3. The smallest absolute Gasteiger partial charge is 0.337 e. The van der Waals surface area contributed by atoms with Crippen LogP contribution in [0, 0.1) is 5.82 Å². The van der Waals surface area contributed by atoms with Crippen molar-refractivity contribution >= 4 is 22.8 Å². The molecule has 2 heterocycles. The van der Waals surface area contributed by atoms with E-state index < -0.39 is 5.97 Å². The van der Waals surface area contributed by atoms with E-state index in [1.165, 1.54) is 24.8 Å². The summed E-state index contributed by atoms with van der Waals surface area (Å²) in [6.45, 7) is 8.04. The molecule has 0 unspecified atom stereocenters. The number of fused-ring (bicyclic) bond motifs is 1. The van der Waals surface area contributed by atoms with Crippen molar-refractivity contribution in [3.8, 4) is 17.0 Å². The van der Waals surface area contributed by atoms with Crippen molar-refractivity contribution in [3.63, 3.8) is 0 Å². The van der Waals surface area contributed by atoms with Gasteiger partial charge < -0.3 is 19.7 Å². The highest BCUT2D eigenvalue weighted by Gasteiger charge is 2.25. The predicted octanol–water partition coefficient (Wildman–Crippen LogP) is 6.87. The first-order valence-electron chi connectivity index (χ1n) is 13.7. The monoisotopic (exact) mass is 560 g/mol. The molecule has 8 heteroatoms. The van der Waals surface area contributed by atoms with Crippen LogP contribution >= 0.6 is 0 Å².